The molecule has 110 valence electrons. The van der Waals surface area contributed by atoms with E-state index in [9.17, 15) is 0 Å². The van der Waals surface area contributed by atoms with Crippen LogP contribution in [0.5, 0.6) is 0 Å². The van der Waals surface area contributed by atoms with Crippen molar-refractivity contribution in [2.45, 2.75) is 50.6 Å². The molecule has 1 N–H and O–H groups in total. The Balaban J connectivity index is 1.82. The standard InChI is InChI=1S/C20H25N/c1-2-10-16-19(15-9-1)21-20(17-11-5-3-6-12-17)18-13-7-4-8-14-18/h3-8,11-14,19-21H,1-2,9-10,15-16H2. The maximum absolute atomic E-state index is 3.93. The van der Waals surface area contributed by atoms with Gasteiger partial charge in [-0.25, -0.2) is 0 Å². The van der Waals surface area contributed by atoms with Crippen molar-refractivity contribution in [1.29, 1.82) is 0 Å². The van der Waals surface area contributed by atoms with Gasteiger partial charge in [-0.05, 0) is 24.0 Å². The van der Waals surface area contributed by atoms with Gasteiger partial charge in [0.05, 0.1) is 6.04 Å². The molecule has 0 aromatic heterocycles. The molecule has 1 saturated carbocycles. The highest BCUT2D eigenvalue weighted by molar-refractivity contribution is 5.31. The van der Waals surface area contributed by atoms with Gasteiger partial charge in [-0.1, -0.05) is 86.3 Å². The normalized spacial score (nSPS) is 16.8. The average molecular weight is 279 g/mol. The molecule has 0 spiro atoms. The fourth-order valence-electron chi connectivity index (χ4n) is 3.36. The third-order valence-electron chi connectivity index (χ3n) is 4.52. The molecule has 3 rings (SSSR count). The van der Waals surface area contributed by atoms with E-state index in [1.807, 2.05) is 0 Å². The molecule has 0 saturated heterocycles. The van der Waals surface area contributed by atoms with Crippen LogP contribution in [0.1, 0.15) is 55.7 Å². The van der Waals surface area contributed by atoms with E-state index < -0.39 is 0 Å². The lowest BCUT2D eigenvalue weighted by atomic mass is 9.96. The van der Waals surface area contributed by atoms with Gasteiger partial charge in [0, 0.05) is 6.04 Å². The molecule has 0 heterocycles. The maximum Gasteiger partial charge on any atom is 0.0578 e. The Kier molecular flexibility index (Phi) is 5.07. The van der Waals surface area contributed by atoms with Crippen molar-refractivity contribution in [3.8, 4) is 0 Å². The monoisotopic (exact) mass is 279 g/mol. The smallest absolute Gasteiger partial charge is 0.0578 e. The predicted octanol–water partition coefficient (Wildman–Crippen LogP) is 5.09. The summed E-state index contributed by atoms with van der Waals surface area (Å²) in [4.78, 5) is 0. The minimum absolute atomic E-state index is 0.315. The lowest BCUT2D eigenvalue weighted by Gasteiger charge is -2.26. The molecule has 1 fully saturated rings. The van der Waals surface area contributed by atoms with Crippen molar-refractivity contribution in [1.82, 2.24) is 5.32 Å². The number of benzene rings is 2. The first-order chi connectivity index (χ1) is 10.4. The van der Waals surface area contributed by atoms with Crippen LogP contribution in [-0.4, -0.2) is 6.04 Å². The van der Waals surface area contributed by atoms with Gasteiger partial charge in [0.25, 0.3) is 0 Å². The minimum Gasteiger partial charge on any atom is -0.303 e. The van der Waals surface area contributed by atoms with Crippen molar-refractivity contribution in [3.63, 3.8) is 0 Å². The Hall–Kier alpha value is -1.60. The van der Waals surface area contributed by atoms with Gasteiger partial charge in [0.1, 0.15) is 0 Å². The molecule has 2 aromatic carbocycles. The van der Waals surface area contributed by atoms with E-state index in [2.05, 4.69) is 66.0 Å². The summed E-state index contributed by atoms with van der Waals surface area (Å²) in [5, 5.41) is 3.93. The summed E-state index contributed by atoms with van der Waals surface area (Å²) in [5.74, 6) is 0. The van der Waals surface area contributed by atoms with Gasteiger partial charge in [0.2, 0.25) is 0 Å². The Labute approximate surface area is 128 Å². The quantitative estimate of drug-likeness (QED) is 0.769. The van der Waals surface area contributed by atoms with Crippen LogP contribution in [0.3, 0.4) is 0 Å². The van der Waals surface area contributed by atoms with Crippen LogP contribution in [0.25, 0.3) is 0 Å². The average Bonchev–Trinajstić information content (AvgIpc) is 2.83. The van der Waals surface area contributed by atoms with E-state index in [1.54, 1.807) is 0 Å². The summed E-state index contributed by atoms with van der Waals surface area (Å²) in [6.45, 7) is 0. The zero-order valence-electron chi connectivity index (χ0n) is 12.7. The highest BCUT2D eigenvalue weighted by Crippen LogP contribution is 2.26. The first-order valence-corrected chi connectivity index (χ1v) is 8.29. The number of hydrogen-bond acceptors (Lipinski definition) is 1. The molecule has 0 radical (unpaired) electrons. The van der Waals surface area contributed by atoms with Gasteiger partial charge in [0.15, 0.2) is 0 Å². The summed E-state index contributed by atoms with van der Waals surface area (Å²) in [7, 11) is 0. The van der Waals surface area contributed by atoms with Crippen molar-refractivity contribution in [3.05, 3.63) is 71.8 Å². The molecule has 0 aliphatic heterocycles. The zero-order valence-corrected chi connectivity index (χ0v) is 12.7. The maximum atomic E-state index is 3.93. The molecular formula is C20H25N. The predicted molar refractivity (Wildman–Crippen MR) is 89.4 cm³/mol. The van der Waals surface area contributed by atoms with Crippen LogP contribution in [0.2, 0.25) is 0 Å². The van der Waals surface area contributed by atoms with E-state index in [-0.39, 0.29) is 0 Å². The summed E-state index contributed by atoms with van der Waals surface area (Å²) in [6.07, 6.45) is 8.17. The summed E-state index contributed by atoms with van der Waals surface area (Å²) >= 11 is 0. The van der Waals surface area contributed by atoms with Gasteiger partial charge in [-0.3, -0.25) is 0 Å². The van der Waals surface area contributed by atoms with Crippen LogP contribution in [0.15, 0.2) is 60.7 Å². The molecule has 0 bridgehead atoms. The Morgan fingerprint density at radius 1 is 0.667 bits per heavy atom. The van der Waals surface area contributed by atoms with E-state index in [0.717, 1.165) is 0 Å². The molecule has 0 unspecified atom stereocenters. The Morgan fingerprint density at radius 3 is 1.62 bits per heavy atom. The lowest BCUT2D eigenvalue weighted by Crippen LogP contribution is -2.33. The first kappa shape index (κ1) is 14.3. The van der Waals surface area contributed by atoms with E-state index in [0.29, 0.717) is 12.1 Å². The van der Waals surface area contributed by atoms with Gasteiger partial charge < -0.3 is 5.32 Å². The van der Waals surface area contributed by atoms with E-state index >= 15 is 0 Å². The highest BCUT2D eigenvalue weighted by Gasteiger charge is 2.19. The van der Waals surface area contributed by atoms with E-state index in [4.69, 9.17) is 0 Å². The van der Waals surface area contributed by atoms with Crippen molar-refractivity contribution in [2.24, 2.45) is 0 Å². The van der Waals surface area contributed by atoms with Crippen molar-refractivity contribution in [2.75, 3.05) is 0 Å². The third-order valence-corrected chi connectivity index (χ3v) is 4.52. The van der Waals surface area contributed by atoms with Crippen LogP contribution in [-0.2, 0) is 0 Å². The highest BCUT2D eigenvalue weighted by atomic mass is 15.0. The molecule has 0 atom stereocenters. The summed E-state index contributed by atoms with van der Waals surface area (Å²) < 4.78 is 0. The Morgan fingerprint density at radius 2 is 1.14 bits per heavy atom. The lowest BCUT2D eigenvalue weighted by molar-refractivity contribution is 0.427. The zero-order chi connectivity index (χ0) is 14.3. The van der Waals surface area contributed by atoms with Gasteiger partial charge in [-0.2, -0.15) is 0 Å². The second-order valence-electron chi connectivity index (χ2n) is 6.11. The second kappa shape index (κ2) is 7.42. The third kappa shape index (κ3) is 3.95. The van der Waals surface area contributed by atoms with Crippen LogP contribution in [0, 0.1) is 0 Å². The number of rotatable bonds is 4. The fourth-order valence-corrected chi connectivity index (χ4v) is 3.36. The number of nitrogens with one attached hydrogen (secondary N) is 1. The van der Waals surface area contributed by atoms with Crippen LogP contribution >= 0.6 is 0 Å². The van der Waals surface area contributed by atoms with E-state index in [1.165, 1.54) is 49.7 Å². The van der Waals surface area contributed by atoms with Gasteiger partial charge >= 0.3 is 0 Å². The van der Waals surface area contributed by atoms with Gasteiger partial charge in [-0.15, -0.1) is 0 Å². The number of hydrogen-bond donors (Lipinski definition) is 1. The van der Waals surface area contributed by atoms with Crippen LogP contribution < -0.4 is 5.32 Å². The first-order valence-electron chi connectivity index (χ1n) is 8.29. The summed E-state index contributed by atoms with van der Waals surface area (Å²) in [5.41, 5.74) is 2.74. The van der Waals surface area contributed by atoms with Crippen molar-refractivity contribution >= 4 is 0 Å². The minimum atomic E-state index is 0.315. The topological polar surface area (TPSA) is 12.0 Å². The molecular weight excluding hydrogens is 254 g/mol. The molecule has 1 heteroatoms. The SMILES string of the molecule is c1ccc(C(NC2CCCCCC2)c2ccccc2)cc1. The molecule has 1 aliphatic carbocycles. The molecule has 1 aliphatic rings. The molecule has 21 heavy (non-hydrogen) atoms. The Bertz CT molecular complexity index is 473. The summed E-state index contributed by atoms with van der Waals surface area (Å²) in [6, 6.07) is 22.7. The van der Waals surface area contributed by atoms with Crippen molar-refractivity contribution < 1.29 is 0 Å². The molecule has 0 amide bonds. The van der Waals surface area contributed by atoms with Crippen LogP contribution in [0.4, 0.5) is 0 Å². The second-order valence-corrected chi connectivity index (χ2v) is 6.11. The fraction of sp³-hybridized carbons (Fsp3) is 0.400. The largest absolute Gasteiger partial charge is 0.303 e. The molecule has 1 nitrogen and oxygen atoms in total. The molecule has 2 aromatic rings.